The quantitative estimate of drug-likeness (QED) is 0.660. The average Bonchev–Trinajstić information content (AvgIpc) is 3.23. The third-order valence-electron chi connectivity index (χ3n) is 3.78. The molecule has 1 saturated carbocycles. The molecule has 0 bridgehead atoms. The summed E-state index contributed by atoms with van der Waals surface area (Å²) in [5.41, 5.74) is 0.666. The Morgan fingerprint density at radius 3 is 2.73 bits per heavy atom. The van der Waals surface area contributed by atoms with Crippen molar-refractivity contribution < 1.29 is 14.3 Å². The molecule has 0 aromatic carbocycles. The molecular formula is C16H23BrN2O3. The molecule has 2 rings (SSSR count). The van der Waals surface area contributed by atoms with Gasteiger partial charge in [-0.15, -0.1) is 0 Å². The third-order valence-corrected chi connectivity index (χ3v) is 4.21. The molecule has 1 heterocycles. The number of carbonyl (C=O) groups excluding carboxylic acids is 2. The Hall–Kier alpha value is -1.30. The van der Waals surface area contributed by atoms with Crippen LogP contribution in [0.1, 0.15) is 43.6 Å². The Morgan fingerprint density at radius 1 is 1.41 bits per heavy atom. The van der Waals surface area contributed by atoms with Gasteiger partial charge in [-0.1, -0.05) is 0 Å². The molecule has 1 aromatic heterocycles. The van der Waals surface area contributed by atoms with Crippen LogP contribution in [0.3, 0.4) is 0 Å². The molecule has 5 nitrogen and oxygen atoms in total. The van der Waals surface area contributed by atoms with Crippen LogP contribution < -0.4 is 0 Å². The topological polar surface area (TPSA) is 51.5 Å². The highest BCUT2D eigenvalue weighted by atomic mass is 79.9. The van der Waals surface area contributed by atoms with E-state index in [4.69, 9.17) is 4.74 Å². The van der Waals surface area contributed by atoms with Crippen LogP contribution in [0.25, 0.3) is 0 Å². The number of hydrogen-bond acceptors (Lipinski definition) is 3. The normalized spacial score (nSPS) is 14.0. The Bertz CT molecular complexity index is 537. The monoisotopic (exact) mass is 370 g/mol. The summed E-state index contributed by atoms with van der Waals surface area (Å²) in [6.45, 7) is 6.05. The highest BCUT2D eigenvalue weighted by Gasteiger charge is 2.28. The van der Waals surface area contributed by atoms with Crippen LogP contribution in [0.4, 0.5) is 0 Å². The van der Waals surface area contributed by atoms with Crippen molar-refractivity contribution in [1.29, 1.82) is 0 Å². The van der Waals surface area contributed by atoms with Gasteiger partial charge in [0.15, 0.2) is 0 Å². The zero-order chi connectivity index (χ0) is 16.1. The molecule has 0 saturated heterocycles. The summed E-state index contributed by atoms with van der Waals surface area (Å²) in [5, 5.41) is 0. The van der Waals surface area contributed by atoms with E-state index in [1.807, 2.05) is 23.8 Å². The van der Waals surface area contributed by atoms with E-state index in [1.165, 1.54) is 12.8 Å². The van der Waals surface area contributed by atoms with Gasteiger partial charge in [0.25, 0.3) is 5.91 Å². The minimum Gasteiger partial charge on any atom is -0.466 e. The molecule has 6 heteroatoms. The second-order valence-corrected chi connectivity index (χ2v) is 6.49. The number of aryl methyl sites for hydroxylation is 1. The van der Waals surface area contributed by atoms with Crippen LogP contribution in [0, 0.1) is 5.92 Å². The first-order valence-corrected chi connectivity index (χ1v) is 8.65. The predicted molar refractivity (Wildman–Crippen MR) is 87.7 cm³/mol. The molecule has 122 valence electrons. The summed E-state index contributed by atoms with van der Waals surface area (Å²) < 4.78 is 7.78. The fourth-order valence-corrected chi connectivity index (χ4v) is 2.89. The number of carbonyl (C=O) groups is 2. The highest BCUT2D eigenvalue weighted by molar-refractivity contribution is 9.10. The summed E-state index contributed by atoms with van der Waals surface area (Å²) in [7, 11) is 0. The molecule has 0 N–H and O–H groups in total. The molecule has 0 unspecified atom stereocenters. The van der Waals surface area contributed by atoms with E-state index in [0.717, 1.165) is 17.6 Å². The lowest BCUT2D eigenvalue weighted by Crippen LogP contribution is -2.36. The van der Waals surface area contributed by atoms with E-state index in [1.54, 1.807) is 11.8 Å². The smallest absolute Gasteiger partial charge is 0.307 e. The summed E-state index contributed by atoms with van der Waals surface area (Å²) in [5.74, 6) is 0.325. The van der Waals surface area contributed by atoms with Crippen molar-refractivity contribution in [3.63, 3.8) is 0 Å². The van der Waals surface area contributed by atoms with Gasteiger partial charge in [0.05, 0.1) is 13.0 Å². The van der Waals surface area contributed by atoms with Gasteiger partial charge in [0.2, 0.25) is 0 Å². The SMILES string of the molecule is CCOC(=O)CCN(CC1CC1)C(=O)c1cc(Br)cn1CC. The molecule has 0 atom stereocenters. The first-order chi connectivity index (χ1) is 10.5. The minimum atomic E-state index is -0.247. The van der Waals surface area contributed by atoms with Crippen molar-refractivity contribution in [2.75, 3.05) is 19.7 Å². The number of hydrogen-bond donors (Lipinski definition) is 0. The van der Waals surface area contributed by atoms with Crippen LogP contribution in [0.5, 0.6) is 0 Å². The van der Waals surface area contributed by atoms with Crippen molar-refractivity contribution in [2.24, 2.45) is 5.92 Å². The molecule has 0 radical (unpaired) electrons. The van der Waals surface area contributed by atoms with Gasteiger partial charge in [-0.25, -0.2) is 0 Å². The van der Waals surface area contributed by atoms with Gasteiger partial charge < -0.3 is 14.2 Å². The van der Waals surface area contributed by atoms with Crippen LogP contribution in [0.2, 0.25) is 0 Å². The van der Waals surface area contributed by atoms with E-state index in [-0.39, 0.29) is 18.3 Å². The van der Waals surface area contributed by atoms with Crippen LogP contribution in [0.15, 0.2) is 16.7 Å². The lowest BCUT2D eigenvalue weighted by Gasteiger charge is -2.23. The number of amides is 1. The second kappa shape index (κ2) is 7.81. The van der Waals surface area contributed by atoms with E-state index in [2.05, 4.69) is 15.9 Å². The van der Waals surface area contributed by atoms with Crippen molar-refractivity contribution in [3.05, 3.63) is 22.4 Å². The Kier molecular flexibility index (Phi) is 6.06. The molecule has 1 aliphatic rings. The molecular weight excluding hydrogens is 348 g/mol. The fraction of sp³-hybridized carbons (Fsp3) is 0.625. The molecule has 22 heavy (non-hydrogen) atoms. The van der Waals surface area contributed by atoms with Gasteiger partial charge in [0, 0.05) is 30.3 Å². The van der Waals surface area contributed by atoms with Crippen LogP contribution in [-0.2, 0) is 16.1 Å². The van der Waals surface area contributed by atoms with Gasteiger partial charge in [-0.3, -0.25) is 9.59 Å². The maximum Gasteiger partial charge on any atom is 0.307 e. The zero-order valence-electron chi connectivity index (χ0n) is 13.2. The molecule has 0 spiro atoms. The highest BCUT2D eigenvalue weighted by Crippen LogP contribution is 2.30. The lowest BCUT2D eigenvalue weighted by molar-refractivity contribution is -0.143. The van der Waals surface area contributed by atoms with Crippen LogP contribution >= 0.6 is 15.9 Å². The number of ether oxygens (including phenoxy) is 1. The summed E-state index contributed by atoms with van der Waals surface area (Å²) in [6.07, 6.45) is 4.50. The average molecular weight is 371 g/mol. The van der Waals surface area contributed by atoms with E-state index in [9.17, 15) is 9.59 Å². The third kappa shape index (κ3) is 4.60. The minimum absolute atomic E-state index is 0.0104. The van der Waals surface area contributed by atoms with Gasteiger partial charge in [0.1, 0.15) is 5.69 Å². The summed E-state index contributed by atoms with van der Waals surface area (Å²) in [4.78, 5) is 26.2. The Labute approximate surface area is 139 Å². The summed E-state index contributed by atoms with van der Waals surface area (Å²) >= 11 is 3.42. The van der Waals surface area contributed by atoms with Gasteiger partial charge >= 0.3 is 5.97 Å². The Morgan fingerprint density at radius 2 is 2.14 bits per heavy atom. The molecule has 1 amide bonds. The molecule has 0 aliphatic heterocycles. The number of esters is 1. The largest absolute Gasteiger partial charge is 0.466 e. The maximum atomic E-state index is 12.8. The summed E-state index contributed by atoms with van der Waals surface area (Å²) in [6, 6.07) is 1.84. The van der Waals surface area contributed by atoms with Crippen molar-refractivity contribution in [1.82, 2.24) is 9.47 Å². The van der Waals surface area contributed by atoms with Crippen LogP contribution in [-0.4, -0.2) is 41.0 Å². The second-order valence-electron chi connectivity index (χ2n) is 5.58. The van der Waals surface area contributed by atoms with Gasteiger partial charge in [-0.2, -0.15) is 0 Å². The number of rotatable bonds is 8. The van der Waals surface area contributed by atoms with Crippen molar-refractivity contribution >= 4 is 27.8 Å². The fourth-order valence-electron chi connectivity index (χ4n) is 2.42. The van der Waals surface area contributed by atoms with Crippen molar-refractivity contribution in [3.8, 4) is 0 Å². The van der Waals surface area contributed by atoms with E-state index >= 15 is 0 Å². The first-order valence-electron chi connectivity index (χ1n) is 7.85. The van der Waals surface area contributed by atoms with Crippen molar-refractivity contribution in [2.45, 2.75) is 39.7 Å². The zero-order valence-corrected chi connectivity index (χ0v) is 14.8. The van der Waals surface area contributed by atoms with E-state index < -0.39 is 0 Å². The number of nitrogens with zero attached hydrogens (tertiary/aromatic N) is 2. The molecule has 1 aromatic rings. The molecule has 1 fully saturated rings. The maximum absolute atomic E-state index is 12.8. The first kappa shape index (κ1) is 17.1. The predicted octanol–water partition coefficient (Wildman–Crippen LogP) is 3.08. The lowest BCUT2D eigenvalue weighted by atomic mass is 10.2. The standard InChI is InChI=1S/C16H23BrN2O3/c1-3-18-11-13(17)9-14(18)16(21)19(10-12-5-6-12)8-7-15(20)22-4-2/h9,11-12H,3-8,10H2,1-2H3. The Balaban J connectivity index is 2.06. The molecule has 1 aliphatic carbocycles. The number of halogens is 1. The van der Waals surface area contributed by atoms with E-state index in [0.29, 0.717) is 24.8 Å². The van der Waals surface area contributed by atoms with Gasteiger partial charge in [-0.05, 0) is 54.6 Å². The number of aromatic nitrogens is 1.